The largest absolute Gasteiger partial charge is 0.373 e. The van der Waals surface area contributed by atoms with Crippen molar-refractivity contribution in [3.63, 3.8) is 0 Å². The minimum atomic E-state index is -0.137. The quantitative estimate of drug-likeness (QED) is 0.807. The van der Waals surface area contributed by atoms with E-state index in [0.29, 0.717) is 19.1 Å². The maximum atomic E-state index is 11.8. The van der Waals surface area contributed by atoms with Crippen LogP contribution in [0.3, 0.4) is 0 Å². The van der Waals surface area contributed by atoms with Crippen LogP contribution in [0.4, 0.5) is 0 Å². The van der Waals surface area contributed by atoms with Gasteiger partial charge < -0.3 is 10.1 Å². The summed E-state index contributed by atoms with van der Waals surface area (Å²) in [5, 5.41) is 3.03. The number of nitrogens with zero attached hydrogens (tertiary/aromatic N) is 1. The number of carbonyl (C=O) groups is 1. The molecule has 1 N–H and O–H groups in total. The molecule has 0 radical (unpaired) electrons. The maximum Gasteiger partial charge on any atom is 0.234 e. The number of rotatable bonds is 4. The summed E-state index contributed by atoms with van der Waals surface area (Å²) in [7, 11) is 0. The van der Waals surface area contributed by atoms with E-state index in [1.165, 1.54) is 0 Å². The average Bonchev–Trinajstić information content (AvgIpc) is 2.15. The van der Waals surface area contributed by atoms with E-state index in [-0.39, 0.29) is 17.6 Å². The first-order valence-electron chi connectivity index (χ1n) is 6.46. The summed E-state index contributed by atoms with van der Waals surface area (Å²) >= 11 is 0. The molecule has 0 aliphatic carbocycles. The van der Waals surface area contributed by atoms with E-state index < -0.39 is 0 Å². The zero-order valence-corrected chi connectivity index (χ0v) is 11.7. The SMILES string of the molecule is CC(C)C(C)NC(=O)CN1CCOC(C)(C)C1. The molecule has 100 valence electrons. The van der Waals surface area contributed by atoms with Gasteiger partial charge in [-0.15, -0.1) is 0 Å². The summed E-state index contributed by atoms with van der Waals surface area (Å²) in [5.74, 6) is 0.587. The van der Waals surface area contributed by atoms with Crippen LogP contribution >= 0.6 is 0 Å². The third-order valence-electron chi connectivity index (χ3n) is 3.26. The van der Waals surface area contributed by atoms with Crippen LogP contribution in [-0.2, 0) is 9.53 Å². The van der Waals surface area contributed by atoms with Crippen LogP contribution in [-0.4, -0.2) is 48.7 Å². The molecule has 0 saturated carbocycles. The van der Waals surface area contributed by atoms with E-state index in [1.54, 1.807) is 0 Å². The summed E-state index contributed by atoms with van der Waals surface area (Å²) in [6.07, 6.45) is 0. The van der Waals surface area contributed by atoms with Gasteiger partial charge in [-0.25, -0.2) is 0 Å². The van der Waals surface area contributed by atoms with Gasteiger partial charge in [-0.3, -0.25) is 9.69 Å². The molecule has 1 heterocycles. The maximum absolute atomic E-state index is 11.8. The minimum Gasteiger partial charge on any atom is -0.373 e. The van der Waals surface area contributed by atoms with Crippen LogP contribution in [0.2, 0.25) is 0 Å². The number of morpholine rings is 1. The molecule has 1 rings (SSSR count). The Hall–Kier alpha value is -0.610. The Morgan fingerprint density at radius 1 is 1.41 bits per heavy atom. The molecule has 1 saturated heterocycles. The van der Waals surface area contributed by atoms with Crippen molar-refractivity contribution in [2.24, 2.45) is 5.92 Å². The van der Waals surface area contributed by atoms with Crippen molar-refractivity contribution in [2.45, 2.75) is 46.3 Å². The predicted octanol–water partition coefficient (Wildman–Crippen LogP) is 1.26. The van der Waals surface area contributed by atoms with Gasteiger partial charge in [0.15, 0.2) is 0 Å². The van der Waals surface area contributed by atoms with Gasteiger partial charge in [-0.1, -0.05) is 13.8 Å². The second kappa shape index (κ2) is 5.83. The van der Waals surface area contributed by atoms with Crippen molar-refractivity contribution < 1.29 is 9.53 Å². The molecule has 1 fully saturated rings. The molecule has 1 aliphatic heterocycles. The fraction of sp³-hybridized carbons (Fsp3) is 0.923. The van der Waals surface area contributed by atoms with E-state index in [1.807, 2.05) is 6.92 Å². The molecule has 1 aliphatic rings. The first-order chi connectivity index (χ1) is 7.80. The van der Waals surface area contributed by atoms with Crippen LogP contribution in [0.15, 0.2) is 0 Å². The Bertz CT molecular complexity index is 264. The molecular weight excluding hydrogens is 216 g/mol. The lowest BCUT2D eigenvalue weighted by Gasteiger charge is -2.37. The number of hydrogen-bond acceptors (Lipinski definition) is 3. The van der Waals surface area contributed by atoms with Crippen molar-refractivity contribution >= 4 is 5.91 Å². The van der Waals surface area contributed by atoms with Crippen LogP contribution in [0.5, 0.6) is 0 Å². The lowest BCUT2D eigenvalue weighted by atomic mass is 10.1. The van der Waals surface area contributed by atoms with Gasteiger partial charge in [0, 0.05) is 19.1 Å². The second-order valence-electron chi connectivity index (χ2n) is 5.92. The van der Waals surface area contributed by atoms with E-state index in [0.717, 1.165) is 13.1 Å². The van der Waals surface area contributed by atoms with Gasteiger partial charge in [0.1, 0.15) is 0 Å². The lowest BCUT2D eigenvalue weighted by Crippen LogP contribution is -2.52. The third kappa shape index (κ3) is 5.04. The molecule has 17 heavy (non-hydrogen) atoms. The highest BCUT2D eigenvalue weighted by Crippen LogP contribution is 2.15. The van der Waals surface area contributed by atoms with Crippen LogP contribution < -0.4 is 5.32 Å². The molecule has 0 aromatic heterocycles. The molecular formula is C13H26N2O2. The number of nitrogens with one attached hydrogen (secondary N) is 1. The predicted molar refractivity (Wildman–Crippen MR) is 68.9 cm³/mol. The van der Waals surface area contributed by atoms with Crippen LogP contribution in [0, 0.1) is 5.92 Å². The molecule has 0 bridgehead atoms. The summed E-state index contributed by atoms with van der Waals surface area (Å²) in [6.45, 7) is 13.2. The first kappa shape index (κ1) is 14.5. The Morgan fingerprint density at radius 3 is 2.59 bits per heavy atom. The van der Waals surface area contributed by atoms with Crippen molar-refractivity contribution in [1.29, 1.82) is 0 Å². The molecule has 0 aromatic rings. The summed E-state index contributed by atoms with van der Waals surface area (Å²) in [4.78, 5) is 14.0. The molecule has 4 heteroatoms. The van der Waals surface area contributed by atoms with Crippen molar-refractivity contribution in [1.82, 2.24) is 10.2 Å². The van der Waals surface area contributed by atoms with E-state index in [4.69, 9.17) is 4.74 Å². The van der Waals surface area contributed by atoms with E-state index in [9.17, 15) is 4.79 Å². The van der Waals surface area contributed by atoms with Crippen molar-refractivity contribution in [3.05, 3.63) is 0 Å². The first-order valence-corrected chi connectivity index (χ1v) is 6.46. The Labute approximate surface area is 105 Å². The monoisotopic (exact) mass is 242 g/mol. The topological polar surface area (TPSA) is 41.6 Å². The number of carbonyl (C=O) groups excluding carboxylic acids is 1. The highest BCUT2D eigenvalue weighted by molar-refractivity contribution is 5.78. The van der Waals surface area contributed by atoms with Crippen molar-refractivity contribution in [3.8, 4) is 0 Å². The highest BCUT2D eigenvalue weighted by atomic mass is 16.5. The zero-order chi connectivity index (χ0) is 13.1. The standard InChI is InChI=1S/C13H26N2O2/c1-10(2)11(3)14-12(16)8-15-6-7-17-13(4,5)9-15/h10-11H,6-9H2,1-5H3,(H,14,16). The molecule has 0 spiro atoms. The van der Waals surface area contributed by atoms with Crippen LogP contribution in [0.1, 0.15) is 34.6 Å². The summed E-state index contributed by atoms with van der Waals surface area (Å²) in [6, 6.07) is 0.233. The van der Waals surface area contributed by atoms with Gasteiger partial charge in [-0.2, -0.15) is 0 Å². The summed E-state index contributed by atoms with van der Waals surface area (Å²) < 4.78 is 5.62. The van der Waals surface area contributed by atoms with Crippen molar-refractivity contribution in [2.75, 3.05) is 26.2 Å². The van der Waals surface area contributed by atoms with Gasteiger partial charge in [0.05, 0.1) is 18.8 Å². The fourth-order valence-corrected chi connectivity index (χ4v) is 1.92. The zero-order valence-electron chi connectivity index (χ0n) is 11.7. The van der Waals surface area contributed by atoms with Crippen LogP contribution in [0.25, 0.3) is 0 Å². The van der Waals surface area contributed by atoms with Gasteiger partial charge in [0.2, 0.25) is 5.91 Å². The summed E-state index contributed by atoms with van der Waals surface area (Å²) in [5.41, 5.74) is -0.137. The normalized spacial score (nSPS) is 22.5. The lowest BCUT2D eigenvalue weighted by molar-refractivity contribution is -0.128. The molecule has 0 aromatic carbocycles. The van der Waals surface area contributed by atoms with Gasteiger partial charge in [0.25, 0.3) is 0 Å². The Kier molecular flexibility index (Phi) is 4.95. The minimum absolute atomic E-state index is 0.115. The molecule has 1 unspecified atom stereocenters. The average molecular weight is 242 g/mol. The number of amides is 1. The molecule has 1 atom stereocenters. The Morgan fingerprint density at radius 2 is 2.06 bits per heavy atom. The molecule has 4 nitrogen and oxygen atoms in total. The highest BCUT2D eigenvalue weighted by Gasteiger charge is 2.28. The third-order valence-corrected chi connectivity index (χ3v) is 3.26. The Balaban J connectivity index is 2.36. The fourth-order valence-electron chi connectivity index (χ4n) is 1.92. The van der Waals surface area contributed by atoms with E-state index in [2.05, 4.69) is 37.9 Å². The number of ether oxygens (including phenoxy) is 1. The molecule has 1 amide bonds. The van der Waals surface area contributed by atoms with Gasteiger partial charge >= 0.3 is 0 Å². The van der Waals surface area contributed by atoms with Gasteiger partial charge in [-0.05, 0) is 26.7 Å². The number of hydrogen-bond donors (Lipinski definition) is 1. The smallest absolute Gasteiger partial charge is 0.234 e. The second-order valence-corrected chi connectivity index (χ2v) is 5.92. The van der Waals surface area contributed by atoms with E-state index >= 15 is 0 Å².